The topological polar surface area (TPSA) is 67.9 Å². The van der Waals surface area contributed by atoms with Crippen LogP contribution in [0.3, 0.4) is 0 Å². The molecule has 0 aliphatic carbocycles. The SMILES string of the molecule is COC(=O)C1CC(OC(=O)N2Cc3cccc(F)c3C2)CN1.Cl. The molecule has 1 aromatic rings. The Balaban J connectivity index is 0.00000192. The van der Waals surface area contributed by atoms with Crippen LogP contribution in [-0.4, -0.2) is 42.8 Å². The molecule has 1 N–H and O–H groups in total. The Bertz CT molecular complexity index is 613. The first-order chi connectivity index (χ1) is 10.6. The Labute approximate surface area is 139 Å². The van der Waals surface area contributed by atoms with Crippen molar-refractivity contribution < 1.29 is 23.5 Å². The van der Waals surface area contributed by atoms with Gasteiger partial charge in [-0.2, -0.15) is 0 Å². The van der Waals surface area contributed by atoms with Gasteiger partial charge < -0.3 is 14.8 Å². The molecule has 0 saturated carbocycles. The number of carbonyl (C=O) groups is 2. The van der Waals surface area contributed by atoms with Crippen LogP contribution >= 0.6 is 12.4 Å². The zero-order valence-corrected chi connectivity index (χ0v) is 13.4. The Kier molecular flexibility index (Phi) is 5.43. The lowest BCUT2D eigenvalue weighted by atomic mass is 10.1. The fourth-order valence-corrected chi connectivity index (χ4v) is 2.84. The summed E-state index contributed by atoms with van der Waals surface area (Å²) in [6, 6.07) is 4.37. The molecule has 3 rings (SSSR count). The third-order valence-corrected chi connectivity index (χ3v) is 4.03. The number of carbonyl (C=O) groups excluding carboxylic acids is 2. The number of methoxy groups -OCH3 is 1. The highest BCUT2D eigenvalue weighted by atomic mass is 35.5. The zero-order chi connectivity index (χ0) is 15.7. The number of ether oxygens (including phenoxy) is 2. The summed E-state index contributed by atoms with van der Waals surface area (Å²) in [4.78, 5) is 25.0. The number of esters is 1. The van der Waals surface area contributed by atoms with E-state index in [0.29, 0.717) is 25.1 Å². The molecule has 1 saturated heterocycles. The first-order valence-corrected chi connectivity index (χ1v) is 7.11. The van der Waals surface area contributed by atoms with Gasteiger partial charge >= 0.3 is 12.1 Å². The van der Waals surface area contributed by atoms with Gasteiger partial charge in [0.15, 0.2) is 0 Å². The van der Waals surface area contributed by atoms with Gasteiger partial charge in [-0.15, -0.1) is 12.4 Å². The predicted molar refractivity (Wildman–Crippen MR) is 81.6 cm³/mol. The summed E-state index contributed by atoms with van der Waals surface area (Å²) in [5, 5.41) is 2.95. The zero-order valence-electron chi connectivity index (χ0n) is 12.6. The van der Waals surface area contributed by atoms with Gasteiger partial charge in [-0.1, -0.05) is 12.1 Å². The molecule has 23 heavy (non-hydrogen) atoms. The number of amides is 1. The second kappa shape index (κ2) is 7.14. The number of nitrogens with zero attached hydrogens (tertiary/aromatic N) is 1. The third kappa shape index (κ3) is 3.56. The van der Waals surface area contributed by atoms with E-state index in [2.05, 4.69) is 10.1 Å². The van der Waals surface area contributed by atoms with Crippen molar-refractivity contribution in [2.75, 3.05) is 13.7 Å². The van der Waals surface area contributed by atoms with Crippen molar-refractivity contribution in [2.24, 2.45) is 0 Å². The molecule has 2 aliphatic rings. The second-order valence-corrected chi connectivity index (χ2v) is 5.46. The smallest absolute Gasteiger partial charge is 0.410 e. The maximum Gasteiger partial charge on any atom is 0.410 e. The second-order valence-electron chi connectivity index (χ2n) is 5.46. The average molecular weight is 345 g/mol. The van der Waals surface area contributed by atoms with Gasteiger partial charge in [0.05, 0.1) is 13.7 Å². The molecule has 2 atom stereocenters. The van der Waals surface area contributed by atoms with Crippen LogP contribution in [-0.2, 0) is 27.4 Å². The van der Waals surface area contributed by atoms with E-state index in [0.717, 1.165) is 5.56 Å². The highest BCUT2D eigenvalue weighted by Gasteiger charge is 2.34. The molecule has 2 aliphatic heterocycles. The van der Waals surface area contributed by atoms with E-state index < -0.39 is 12.1 Å². The van der Waals surface area contributed by atoms with Crippen LogP contribution in [0.15, 0.2) is 18.2 Å². The molecule has 0 radical (unpaired) electrons. The van der Waals surface area contributed by atoms with Crippen molar-refractivity contribution in [1.29, 1.82) is 0 Å². The molecule has 126 valence electrons. The minimum Gasteiger partial charge on any atom is -0.468 e. The maximum absolute atomic E-state index is 13.7. The number of benzene rings is 1. The number of hydrogen-bond acceptors (Lipinski definition) is 5. The Hall–Kier alpha value is -1.86. The summed E-state index contributed by atoms with van der Waals surface area (Å²) < 4.78 is 23.7. The fourth-order valence-electron chi connectivity index (χ4n) is 2.84. The van der Waals surface area contributed by atoms with Crippen LogP contribution in [0, 0.1) is 5.82 Å². The minimum atomic E-state index is -0.493. The number of hydrogen-bond donors (Lipinski definition) is 1. The Morgan fingerprint density at radius 1 is 1.35 bits per heavy atom. The largest absolute Gasteiger partial charge is 0.468 e. The van der Waals surface area contributed by atoms with Crippen LogP contribution in [0.2, 0.25) is 0 Å². The monoisotopic (exact) mass is 344 g/mol. The molecule has 6 nitrogen and oxygen atoms in total. The molecule has 1 aromatic carbocycles. The molecular formula is C15H18ClFN2O4. The first kappa shape index (κ1) is 17.5. The Morgan fingerprint density at radius 3 is 2.83 bits per heavy atom. The van der Waals surface area contributed by atoms with Gasteiger partial charge in [0.25, 0.3) is 0 Å². The van der Waals surface area contributed by atoms with E-state index in [1.165, 1.54) is 18.1 Å². The number of nitrogens with one attached hydrogen (secondary N) is 1. The first-order valence-electron chi connectivity index (χ1n) is 7.11. The molecule has 1 amide bonds. The van der Waals surface area contributed by atoms with E-state index in [1.807, 2.05) is 0 Å². The predicted octanol–water partition coefficient (Wildman–Crippen LogP) is 1.60. The average Bonchev–Trinajstić information content (AvgIpc) is 3.13. The standard InChI is InChI=1S/C15H17FN2O4.ClH/c1-21-14(19)13-5-10(6-17-13)22-15(20)18-7-9-3-2-4-12(16)11(9)8-18;/h2-4,10,13,17H,5-8H2,1H3;1H. The fraction of sp³-hybridized carbons (Fsp3) is 0.467. The molecule has 0 spiro atoms. The van der Waals surface area contributed by atoms with Crippen molar-refractivity contribution in [3.8, 4) is 0 Å². The summed E-state index contributed by atoms with van der Waals surface area (Å²) in [5.74, 6) is -0.671. The van der Waals surface area contributed by atoms with E-state index in [-0.39, 0.29) is 36.8 Å². The third-order valence-electron chi connectivity index (χ3n) is 4.03. The van der Waals surface area contributed by atoms with E-state index in [9.17, 15) is 14.0 Å². The number of fused-ring (bicyclic) bond motifs is 1. The summed E-state index contributed by atoms with van der Waals surface area (Å²) in [5.41, 5.74) is 1.34. The summed E-state index contributed by atoms with van der Waals surface area (Å²) >= 11 is 0. The molecular weight excluding hydrogens is 327 g/mol. The van der Waals surface area contributed by atoms with Crippen molar-refractivity contribution >= 4 is 24.5 Å². The van der Waals surface area contributed by atoms with Gasteiger partial charge in [-0.05, 0) is 11.6 Å². The highest BCUT2D eigenvalue weighted by Crippen LogP contribution is 2.26. The van der Waals surface area contributed by atoms with Gasteiger partial charge in [0.1, 0.15) is 18.0 Å². The molecule has 0 bridgehead atoms. The van der Waals surface area contributed by atoms with Crippen LogP contribution in [0.4, 0.5) is 9.18 Å². The van der Waals surface area contributed by atoms with Gasteiger partial charge in [0, 0.05) is 25.1 Å². The van der Waals surface area contributed by atoms with Crippen LogP contribution < -0.4 is 5.32 Å². The maximum atomic E-state index is 13.7. The lowest BCUT2D eigenvalue weighted by Crippen LogP contribution is -2.31. The summed E-state index contributed by atoms with van der Waals surface area (Å²) in [6.07, 6.45) is -0.494. The van der Waals surface area contributed by atoms with E-state index in [1.54, 1.807) is 12.1 Å². The lowest BCUT2D eigenvalue weighted by Gasteiger charge is -2.18. The summed E-state index contributed by atoms with van der Waals surface area (Å²) in [7, 11) is 1.32. The highest BCUT2D eigenvalue weighted by molar-refractivity contribution is 5.85. The quantitative estimate of drug-likeness (QED) is 0.825. The molecule has 2 unspecified atom stereocenters. The normalized spacial score (nSPS) is 22.3. The van der Waals surface area contributed by atoms with Crippen molar-refractivity contribution in [3.05, 3.63) is 35.1 Å². The molecule has 2 heterocycles. The minimum absolute atomic E-state index is 0. The number of halogens is 2. The van der Waals surface area contributed by atoms with Crippen LogP contribution in [0.25, 0.3) is 0 Å². The lowest BCUT2D eigenvalue weighted by molar-refractivity contribution is -0.142. The van der Waals surface area contributed by atoms with Crippen LogP contribution in [0.5, 0.6) is 0 Å². The van der Waals surface area contributed by atoms with Crippen molar-refractivity contribution in [1.82, 2.24) is 10.2 Å². The molecule has 0 aromatic heterocycles. The van der Waals surface area contributed by atoms with Crippen LogP contribution in [0.1, 0.15) is 17.5 Å². The number of rotatable bonds is 2. The van der Waals surface area contributed by atoms with E-state index in [4.69, 9.17) is 4.74 Å². The molecule has 8 heteroatoms. The van der Waals surface area contributed by atoms with Crippen molar-refractivity contribution in [2.45, 2.75) is 31.7 Å². The van der Waals surface area contributed by atoms with Crippen molar-refractivity contribution in [3.63, 3.8) is 0 Å². The van der Waals surface area contributed by atoms with Gasteiger partial charge in [-0.25, -0.2) is 9.18 Å². The Morgan fingerprint density at radius 2 is 2.13 bits per heavy atom. The summed E-state index contributed by atoms with van der Waals surface area (Å²) in [6.45, 7) is 0.953. The van der Waals surface area contributed by atoms with Gasteiger partial charge in [-0.3, -0.25) is 9.69 Å². The van der Waals surface area contributed by atoms with E-state index >= 15 is 0 Å². The van der Waals surface area contributed by atoms with Gasteiger partial charge in [0.2, 0.25) is 0 Å². The molecule has 1 fully saturated rings.